The molecule has 4 nitrogen and oxygen atoms in total. The van der Waals surface area contributed by atoms with Crippen LogP contribution in [-0.4, -0.2) is 26.7 Å². The number of hydrogen-bond donors (Lipinski definition) is 1. The van der Waals surface area contributed by atoms with Gasteiger partial charge in [0.25, 0.3) is 10.1 Å². The van der Waals surface area contributed by atoms with Gasteiger partial charge in [-0.2, -0.15) is 8.42 Å². The lowest BCUT2D eigenvalue weighted by atomic mass is 10.2. The van der Waals surface area contributed by atoms with Crippen molar-refractivity contribution < 1.29 is 17.7 Å². The van der Waals surface area contributed by atoms with Crippen molar-refractivity contribution in [3.8, 4) is 23.7 Å². The van der Waals surface area contributed by atoms with Crippen LogP contribution in [0.25, 0.3) is 0 Å². The summed E-state index contributed by atoms with van der Waals surface area (Å²) >= 11 is 0. The van der Waals surface area contributed by atoms with E-state index in [2.05, 4.69) is 23.7 Å². The number of aryl methyl sites for hydroxylation is 1. The summed E-state index contributed by atoms with van der Waals surface area (Å²) in [6, 6.07) is 6.51. The van der Waals surface area contributed by atoms with Crippen LogP contribution >= 0.6 is 0 Å². The molecule has 0 heterocycles. The highest BCUT2D eigenvalue weighted by Crippen LogP contribution is 2.12. The van der Waals surface area contributed by atoms with Crippen LogP contribution in [0.2, 0.25) is 0 Å². The zero-order chi connectivity index (χ0) is 16.8. The van der Waals surface area contributed by atoms with E-state index in [0.29, 0.717) is 6.42 Å². The van der Waals surface area contributed by atoms with Crippen molar-refractivity contribution >= 4 is 10.1 Å². The Labute approximate surface area is 133 Å². The molecule has 120 valence electrons. The van der Waals surface area contributed by atoms with Gasteiger partial charge in [0.1, 0.15) is 13.2 Å². The summed E-state index contributed by atoms with van der Waals surface area (Å²) in [5, 5.41) is 8.02. The molecule has 1 rings (SSSR count). The van der Waals surface area contributed by atoms with E-state index in [4.69, 9.17) is 9.29 Å². The first-order valence-electron chi connectivity index (χ1n) is 6.96. The van der Waals surface area contributed by atoms with Gasteiger partial charge >= 0.3 is 0 Å². The SMILES string of the molecule is CCC#CCO.CCC#CCOS(=O)(=O)c1ccc(C)cc1. The molecule has 0 aliphatic carbocycles. The number of aliphatic hydroxyl groups is 1. The number of hydrogen-bond acceptors (Lipinski definition) is 4. The number of benzene rings is 1. The maximum atomic E-state index is 11.6. The summed E-state index contributed by atoms with van der Waals surface area (Å²) in [6.07, 6.45) is 1.52. The third kappa shape index (κ3) is 9.20. The van der Waals surface area contributed by atoms with Gasteiger partial charge in [0, 0.05) is 12.8 Å². The molecule has 0 aliphatic heterocycles. The fourth-order valence-electron chi connectivity index (χ4n) is 1.24. The molecule has 0 atom stereocenters. The zero-order valence-electron chi connectivity index (χ0n) is 13.2. The van der Waals surface area contributed by atoms with Crippen molar-refractivity contribution in [2.24, 2.45) is 0 Å². The second-order valence-electron chi connectivity index (χ2n) is 4.10. The van der Waals surface area contributed by atoms with Crippen molar-refractivity contribution in [3.63, 3.8) is 0 Å². The Balaban J connectivity index is 0.000000626. The molecule has 0 saturated carbocycles. The molecule has 0 radical (unpaired) electrons. The van der Waals surface area contributed by atoms with Gasteiger partial charge in [0.15, 0.2) is 0 Å². The Hall–Kier alpha value is -1.79. The van der Waals surface area contributed by atoms with E-state index < -0.39 is 10.1 Å². The van der Waals surface area contributed by atoms with Crippen LogP contribution in [0.5, 0.6) is 0 Å². The van der Waals surface area contributed by atoms with E-state index in [1.54, 1.807) is 12.1 Å². The molecule has 0 aliphatic rings. The molecule has 5 heteroatoms. The molecule has 1 aromatic rings. The molecule has 0 amide bonds. The molecule has 0 spiro atoms. The lowest BCUT2D eigenvalue weighted by Crippen LogP contribution is -2.06. The minimum Gasteiger partial charge on any atom is -0.384 e. The Morgan fingerprint density at radius 1 is 1.00 bits per heavy atom. The zero-order valence-corrected chi connectivity index (χ0v) is 14.0. The summed E-state index contributed by atoms with van der Waals surface area (Å²) in [6.45, 7) is 5.63. The molecular weight excluding hydrogens is 300 g/mol. The average Bonchev–Trinajstić information content (AvgIpc) is 2.50. The van der Waals surface area contributed by atoms with Gasteiger partial charge in [-0.25, -0.2) is 0 Å². The van der Waals surface area contributed by atoms with E-state index in [0.717, 1.165) is 12.0 Å². The third-order valence-corrected chi connectivity index (χ3v) is 3.56. The van der Waals surface area contributed by atoms with Crippen LogP contribution < -0.4 is 0 Å². The highest BCUT2D eigenvalue weighted by molar-refractivity contribution is 7.86. The highest BCUT2D eigenvalue weighted by atomic mass is 32.2. The standard InChI is InChI=1S/C12H14O3S.C5H8O/c1-3-4-5-10-15-16(13,14)12-8-6-11(2)7-9-12;1-2-3-4-5-6/h6-9H,3,10H2,1-2H3;6H,2,5H2,1H3. The summed E-state index contributed by atoms with van der Waals surface area (Å²) < 4.78 is 28.0. The van der Waals surface area contributed by atoms with Crippen molar-refractivity contribution in [1.82, 2.24) is 0 Å². The van der Waals surface area contributed by atoms with Gasteiger partial charge < -0.3 is 5.11 Å². The molecule has 0 unspecified atom stereocenters. The number of rotatable bonds is 3. The molecule has 0 aromatic heterocycles. The fraction of sp³-hybridized carbons (Fsp3) is 0.412. The van der Waals surface area contributed by atoms with Crippen LogP contribution in [0, 0.1) is 30.6 Å². The van der Waals surface area contributed by atoms with E-state index in [1.165, 1.54) is 12.1 Å². The van der Waals surface area contributed by atoms with Crippen molar-refractivity contribution in [2.45, 2.75) is 38.5 Å². The van der Waals surface area contributed by atoms with Gasteiger partial charge in [-0.1, -0.05) is 43.4 Å². The Kier molecular flexibility index (Phi) is 10.9. The first kappa shape index (κ1) is 20.2. The lowest BCUT2D eigenvalue weighted by Gasteiger charge is -2.02. The summed E-state index contributed by atoms with van der Waals surface area (Å²) in [5.74, 6) is 10.6. The van der Waals surface area contributed by atoms with Crippen molar-refractivity contribution in [1.29, 1.82) is 0 Å². The van der Waals surface area contributed by atoms with Crippen LogP contribution in [0.4, 0.5) is 0 Å². The second-order valence-corrected chi connectivity index (χ2v) is 5.72. The maximum Gasteiger partial charge on any atom is 0.297 e. The Morgan fingerprint density at radius 3 is 2.00 bits per heavy atom. The van der Waals surface area contributed by atoms with Crippen LogP contribution in [0.15, 0.2) is 29.2 Å². The fourth-order valence-corrected chi connectivity index (χ4v) is 2.06. The van der Waals surface area contributed by atoms with E-state index in [9.17, 15) is 8.42 Å². The maximum absolute atomic E-state index is 11.6. The van der Waals surface area contributed by atoms with E-state index >= 15 is 0 Å². The summed E-state index contributed by atoms with van der Waals surface area (Å²) in [7, 11) is -3.66. The smallest absolute Gasteiger partial charge is 0.297 e. The molecular formula is C17H22O4S. The number of aliphatic hydroxyl groups excluding tert-OH is 1. The second kappa shape index (κ2) is 11.8. The molecule has 22 heavy (non-hydrogen) atoms. The van der Waals surface area contributed by atoms with Gasteiger partial charge in [0.05, 0.1) is 4.90 Å². The van der Waals surface area contributed by atoms with Crippen LogP contribution in [-0.2, 0) is 14.3 Å². The predicted molar refractivity (Wildman–Crippen MR) is 87.5 cm³/mol. The van der Waals surface area contributed by atoms with Gasteiger partial charge in [0.2, 0.25) is 0 Å². The summed E-state index contributed by atoms with van der Waals surface area (Å²) in [5.41, 5.74) is 1.00. The predicted octanol–water partition coefficient (Wildman–Crippen LogP) is 2.51. The van der Waals surface area contributed by atoms with E-state index in [-0.39, 0.29) is 18.1 Å². The quantitative estimate of drug-likeness (QED) is 0.686. The molecule has 0 bridgehead atoms. The highest BCUT2D eigenvalue weighted by Gasteiger charge is 2.13. The van der Waals surface area contributed by atoms with Gasteiger partial charge in [-0.05, 0) is 19.1 Å². The van der Waals surface area contributed by atoms with Crippen LogP contribution in [0.3, 0.4) is 0 Å². The first-order valence-corrected chi connectivity index (χ1v) is 8.37. The minimum atomic E-state index is -3.66. The molecule has 0 saturated heterocycles. The Bertz CT molecular complexity index is 630. The normalized spacial score (nSPS) is 9.45. The van der Waals surface area contributed by atoms with Gasteiger partial charge in [-0.3, -0.25) is 4.18 Å². The largest absolute Gasteiger partial charge is 0.384 e. The third-order valence-electron chi connectivity index (χ3n) is 2.28. The molecule has 0 fully saturated rings. The van der Waals surface area contributed by atoms with Crippen molar-refractivity contribution in [3.05, 3.63) is 29.8 Å². The van der Waals surface area contributed by atoms with Crippen molar-refractivity contribution in [2.75, 3.05) is 13.2 Å². The molecule has 1 N–H and O–H groups in total. The Morgan fingerprint density at radius 2 is 1.55 bits per heavy atom. The minimum absolute atomic E-state index is 0.00611. The first-order chi connectivity index (χ1) is 10.5. The van der Waals surface area contributed by atoms with E-state index in [1.807, 2.05) is 20.8 Å². The van der Waals surface area contributed by atoms with Gasteiger partial charge in [-0.15, -0.1) is 11.8 Å². The lowest BCUT2D eigenvalue weighted by molar-refractivity contribution is 0.350. The van der Waals surface area contributed by atoms with Crippen LogP contribution in [0.1, 0.15) is 32.3 Å². The summed E-state index contributed by atoms with van der Waals surface area (Å²) in [4.78, 5) is 0.163. The molecule has 1 aromatic carbocycles. The monoisotopic (exact) mass is 322 g/mol. The topological polar surface area (TPSA) is 63.6 Å². The average molecular weight is 322 g/mol.